The van der Waals surface area contributed by atoms with Crippen LogP contribution in [0.5, 0.6) is 0 Å². The average Bonchev–Trinajstić information content (AvgIpc) is 3.27. The molecule has 0 radical (unpaired) electrons. The van der Waals surface area contributed by atoms with Gasteiger partial charge in [0.05, 0.1) is 37.0 Å². The van der Waals surface area contributed by atoms with Crippen LogP contribution in [0.25, 0.3) is 16.9 Å². The normalized spacial score (nSPS) is 19.8. The maximum atomic E-state index is 5.94. The number of nitrogens with zero attached hydrogens (tertiary/aromatic N) is 6. The summed E-state index contributed by atoms with van der Waals surface area (Å²) in [4.78, 5) is 19.0. The monoisotopic (exact) mass is 423 g/mol. The number of anilines is 2. The van der Waals surface area contributed by atoms with Gasteiger partial charge in [0.15, 0.2) is 0 Å². The molecule has 2 aromatic heterocycles. The second kappa shape index (κ2) is 9.17. The zero-order valence-electron chi connectivity index (χ0n) is 17.7. The first kappa shape index (κ1) is 20.2. The highest BCUT2D eigenvalue weighted by Gasteiger charge is 2.24. The quantitative estimate of drug-likeness (QED) is 0.639. The molecule has 1 atom stereocenters. The topological polar surface area (TPSA) is 94.6 Å². The van der Waals surface area contributed by atoms with Crippen LogP contribution >= 0.6 is 0 Å². The first-order valence-corrected chi connectivity index (χ1v) is 11.0. The van der Waals surface area contributed by atoms with Gasteiger partial charge in [-0.3, -0.25) is 4.57 Å². The Morgan fingerprint density at radius 3 is 2.68 bits per heavy atom. The van der Waals surface area contributed by atoms with Gasteiger partial charge in [0.1, 0.15) is 18.0 Å². The molecule has 2 aliphatic heterocycles. The number of hydrogen-bond acceptors (Lipinski definition) is 8. The van der Waals surface area contributed by atoms with Crippen LogP contribution in [0.1, 0.15) is 12.8 Å². The Hall–Kier alpha value is -2.75. The minimum absolute atomic E-state index is 0.158. The number of fused-ring (bicyclic) bond motifs is 1. The summed E-state index contributed by atoms with van der Waals surface area (Å²) in [6.45, 7) is 5.96. The van der Waals surface area contributed by atoms with Gasteiger partial charge in [-0.15, -0.1) is 0 Å². The van der Waals surface area contributed by atoms with Crippen molar-refractivity contribution in [2.75, 3.05) is 62.3 Å². The summed E-state index contributed by atoms with van der Waals surface area (Å²) in [5.74, 6) is 2.48. The van der Waals surface area contributed by atoms with Crippen LogP contribution in [0, 0.1) is 0 Å². The van der Waals surface area contributed by atoms with Crippen molar-refractivity contribution in [3.63, 3.8) is 0 Å². The van der Waals surface area contributed by atoms with E-state index in [4.69, 9.17) is 25.2 Å². The van der Waals surface area contributed by atoms with Crippen molar-refractivity contribution in [2.45, 2.75) is 18.9 Å². The van der Waals surface area contributed by atoms with Crippen LogP contribution in [-0.2, 0) is 9.47 Å². The number of imidazole rings is 1. The highest BCUT2D eigenvalue weighted by atomic mass is 16.5. The SMILES string of the molecule is NCCCC1CN(c2nc(N3CCOCC3)cc(-n3cnc4ccccc43)n2)CCO1. The van der Waals surface area contributed by atoms with Crippen LogP contribution < -0.4 is 15.5 Å². The van der Waals surface area contributed by atoms with E-state index in [0.29, 0.717) is 26.4 Å². The van der Waals surface area contributed by atoms with E-state index >= 15 is 0 Å². The van der Waals surface area contributed by atoms with Gasteiger partial charge in [-0.05, 0) is 31.5 Å². The number of morpholine rings is 2. The molecule has 2 fully saturated rings. The van der Waals surface area contributed by atoms with Gasteiger partial charge in [-0.2, -0.15) is 9.97 Å². The van der Waals surface area contributed by atoms with Gasteiger partial charge >= 0.3 is 0 Å². The number of nitrogens with two attached hydrogens (primary N) is 1. The molecule has 9 nitrogen and oxygen atoms in total. The highest BCUT2D eigenvalue weighted by molar-refractivity contribution is 5.77. The Balaban J connectivity index is 1.52. The third-order valence-electron chi connectivity index (χ3n) is 5.87. The predicted molar refractivity (Wildman–Crippen MR) is 120 cm³/mol. The lowest BCUT2D eigenvalue weighted by Gasteiger charge is -2.34. The molecule has 9 heteroatoms. The van der Waals surface area contributed by atoms with Crippen LogP contribution in [0.15, 0.2) is 36.7 Å². The molecule has 5 rings (SSSR count). The lowest BCUT2D eigenvalue weighted by molar-refractivity contribution is 0.0339. The van der Waals surface area contributed by atoms with E-state index in [0.717, 1.165) is 67.6 Å². The minimum atomic E-state index is 0.158. The van der Waals surface area contributed by atoms with E-state index in [9.17, 15) is 0 Å². The fourth-order valence-electron chi connectivity index (χ4n) is 4.19. The number of rotatable bonds is 6. The van der Waals surface area contributed by atoms with Crippen molar-refractivity contribution < 1.29 is 9.47 Å². The Labute approximate surface area is 181 Å². The van der Waals surface area contributed by atoms with Gasteiger partial charge < -0.3 is 25.0 Å². The fourth-order valence-corrected chi connectivity index (χ4v) is 4.19. The Morgan fingerprint density at radius 1 is 1.00 bits per heavy atom. The summed E-state index contributed by atoms with van der Waals surface area (Å²) in [6, 6.07) is 10.2. The van der Waals surface area contributed by atoms with Crippen LogP contribution in [0.2, 0.25) is 0 Å². The summed E-state index contributed by atoms with van der Waals surface area (Å²) >= 11 is 0. The Morgan fingerprint density at radius 2 is 1.81 bits per heavy atom. The van der Waals surface area contributed by atoms with Crippen LogP contribution in [-0.4, -0.2) is 78.2 Å². The van der Waals surface area contributed by atoms with E-state index < -0.39 is 0 Å². The number of ether oxygens (including phenoxy) is 2. The molecule has 0 amide bonds. The van der Waals surface area contributed by atoms with Crippen molar-refractivity contribution in [3.8, 4) is 5.82 Å². The molecule has 2 aliphatic rings. The van der Waals surface area contributed by atoms with E-state index in [-0.39, 0.29) is 6.10 Å². The molecule has 1 unspecified atom stereocenters. The average molecular weight is 424 g/mol. The molecule has 3 aromatic rings. The summed E-state index contributed by atoms with van der Waals surface area (Å²) < 4.78 is 13.5. The van der Waals surface area contributed by atoms with Crippen molar-refractivity contribution >= 4 is 22.8 Å². The van der Waals surface area contributed by atoms with Gasteiger partial charge in [-0.25, -0.2) is 4.98 Å². The first-order valence-electron chi connectivity index (χ1n) is 11.0. The third-order valence-corrected chi connectivity index (χ3v) is 5.87. The van der Waals surface area contributed by atoms with Crippen molar-refractivity contribution in [3.05, 3.63) is 36.7 Å². The van der Waals surface area contributed by atoms with Crippen molar-refractivity contribution in [2.24, 2.45) is 5.73 Å². The van der Waals surface area contributed by atoms with Gasteiger partial charge in [-0.1, -0.05) is 12.1 Å². The largest absolute Gasteiger partial charge is 0.378 e. The molecular formula is C22H29N7O2. The summed E-state index contributed by atoms with van der Waals surface area (Å²) in [7, 11) is 0. The first-order chi connectivity index (χ1) is 15.3. The van der Waals surface area contributed by atoms with Gasteiger partial charge in [0.25, 0.3) is 0 Å². The second-order valence-corrected chi connectivity index (χ2v) is 7.96. The third kappa shape index (κ3) is 4.34. The maximum absolute atomic E-state index is 5.94. The number of hydrogen-bond donors (Lipinski definition) is 1. The van der Waals surface area contributed by atoms with Gasteiger partial charge in [0, 0.05) is 32.2 Å². The molecule has 4 heterocycles. The summed E-state index contributed by atoms with van der Waals surface area (Å²) in [5, 5.41) is 0. The Kier molecular flexibility index (Phi) is 5.97. The Bertz CT molecular complexity index is 1020. The zero-order valence-corrected chi connectivity index (χ0v) is 17.7. The molecule has 1 aromatic carbocycles. The summed E-state index contributed by atoms with van der Waals surface area (Å²) in [5.41, 5.74) is 7.67. The van der Waals surface area contributed by atoms with E-state index in [2.05, 4.69) is 26.9 Å². The molecular weight excluding hydrogens is 394 g/mol. The standard InChI is InChI=1S/C22H29N7O2/c23-7-3-4-17-15-28(10-13-31-17)22-25-20(27-8-11-30-12-9-27)14-21(26-22)29-16-24-18-5-1-2-6-19(18)29/h1-2,5-6,14,16-17H,3-4,7-13,15,23H2. The number of aromatic nitrogens is 4. The highest BCUT2D eigenvalue weighted by Crippen LogP contribution is 2.25. The molecule has 0 saturated carbocycles. The molecule has 31 heavy (non-hydrogen) atoms. The van der Waals surface area contributed by atoms with Crippen molar-refractivity contribution in [1.29, 1.82) is 0 Å². The van der Waals surface area contributed by atoms with E-state index in [1.807, 2.05) is 29.1 Å². The maximum Gasteiger partial charge on any atom is 0.229 e. The fraction of sp³-hybridized carbons (Fsp3) is 0.500. The zero-order chi connectivity index (χ0) is 21.0. The second-order valence-electron chi connectivity index (χ2n) is 7.96. The predicted octanol–water partition coefficient (Wildman–Crippen LogP) is 1.60. The molecule has 2 N–H and O–H groups in total. The van der Waals surface area contributed by atoms with E-state index in [1.165, 1.54) is 0 Å². The molecule has 0 aliphatic carbocycles. The molecule has 164 valence electrons. The van der Waals surface area contributed by atoms with Crippen molar-refractivity contribution in [1.82, 2.24) is 19.5 Å². The molecule has 2 saturated heterocycles. The van der Waals surface area contributed by atoms with Crippen LogP contribution in [0.3, 0.4) is 0 Å². The smallest absolute Gasteiger partial charge is 0.229 e. The minimum Gasteiger partial charge on any atom is -0.378 e. The van der Waals surface area contributed by atoms with Crippen LogP contribution in [0.4, 0.5) is 11.8 Å². The van der Waals surface area contributed by atoms with E-state index in [1.54, 1.807) is 0 Å². The summed E-state index contributed by atoms with van der Waals surface area (Å²) in [6.07, 6.45) is 3.91. The lowest BCUT2D eigenvalue weighted by atomic mass is 10.1. The lowest BCUT2D eigenvalue weighted by Crippen LogP contribution is -2.44. The molecule has 0 spiro atoms. The molecule has 0 bridgehead atoms. The number of benzene rings is 1. The number of para-hydroxylation sites is 2. The van der Waals surface area contributed by atoms with Gasteiger partial charge in [0.2, 0.25) is 5.95 Å².